The summed E-state index contributed by atoms with van der Waals surface area (Å²) >= 11 is 0. The van der Waals surface area contributed by atoms with Crippen LogP contribution in [0.3, 0.4) is 0 Å². The summed E-state index contributed by atoms with van der Waals surface area (Å²) in [7, 11) is 0. The van der Waals surface area contributed by atoms with Gasteiger partial charge in [-0.05, 0) is 11.3 Å². The van der Waals surface area contributed by atoms with E-state index in [2.05, 4.69) is 0 Å². The average Bonchev–Trinajstić information content (AvgIpc) is 1.96. The van der Waals surface area contributed by atoms with Crippen molar-refractivity contribution in [2.24, 2.45) is 17.3 Å². The average molecular weight is 186 g/mol. The number of cyclic esters (lactones) is 1. The molecule has 0 aromatic rings. The minimum absolute atomic E-state index is 0.0753. The summed E-state index contributed by atoms with van der Waals surface area (Å²) in [5.74, 6) is -2.67. The Balaban J connectivity index is 2.98. The summed E-state index contributed by atoms with van der Waals surface area (Å²) in [6, 6.07) is 0. The lowest BCUT2D eigenvalue weighted by Gasteiger charge is -2.39. The molecule has 2 atom stereocenters. The Bertz CT molecular complexity index is 244. The van der Waals surface area contributed by atoms with E-state index in [1.54, 1.807) is 13.8 Å². The maximum atomic E-state index is 11.2. The first kappa shape index (κ1) is 10.0. The highest BCUT2D eigenvalue weighted by molar-refractivity contribution is 5.95. The fourth-order valence-corrected chi connectivity index (χ4v) is 1.51. The van der Waals surface area contributed by atoms with E-state index in [1.807, 2.05) is 6.92 Å². The molecule has 1 fully saturated rings. The summed E-state index contributed by atoms with van der Waals surface area (Å²) in [5.41, 5.74) is -0.527. The zero-order valence-corrected chi connectivity index (χ0v) is 8.03. The Hall–Kier alpha value is -1.06. The van der Waals surface area contributed by atoms with E-state index >= 15 is 0 Å². The van der Waals surface area contributed by atoms with Crippen molar-refractivity contribution in [3.63, 3.8) is 0 Å². The van der Waals surface area contributed by atoms with Crippen molar-refractivity contribution < 1.29 is 19.4 Å². The molecule has 74 valence electrons. The largest absolute Gasteiger partial charge is 0.481 e. The number of carboxylic acid groups (broad SMARTS) is 1. The molecular formula is C9H14O4. The Morgan fingerprint density at radius 1 is 1.62 bits per heavy atom. The molecule has 0 spiro atoms. The molecule has 1 N–H and O–H groups in total. The van der Waals surface area contributed by atoms with E-state index in [9.17, 15) is 9.59 Å². The lowest BCUT2D eigenvalue weighted by atomic mass is 9.69. The number of aliphatic carboxylic acids is 1. The Morgan fingerprint density at radius 3 is 2.54 bits per heavy atom. The van der Waals surface area contributed by atoms with Gasteiger partial charge in [0.05, 0.1) is 6.61 Å². The van der Waals surface area contributed by atoms with Gasteiger partial charge in [-0.15, -0.1) is 0 Å². The van der Waals surface area contributed by atoms with Crippen LogP contribution in [0.2, 0.25) is 0 Å². The second-order valence-electron chi connectivity index (χ2n) is 4.12. The number of hydrogen-bond acceptors (Lipinski definition) is 3. The van der Waals surface area contributed by atoms with Gasteiger partial charge in [-0.1, -0.05) is 20.8 Å². The molecule has 4 nitrogen and oxygen atoms in total. The van der Waals surface area contributed by atoms with E-state index in [0.29, 0.717) is 6.61 Å². The normalized spacial score (nSPS) is 32.4. The van der Waals surface area contributed by atoms with E-state index < -0.39 is 23.3 Å². The number of carboxylic acids is 1. The van der Waals surface area contributed by atoms with Crippen LogP contribution < -0.4 is 0 Å². The van der Waals surface area contributed by atoms with Gasteiger partial charge in [-0.2, -0.15) is 0 Å². The van der Waals surface area contributed by atoms with Gasteiger partial charge in [0, 0.05) is 0 Å². The third kappa shape index (κ3) is 1.53. The van der Waals surface area contributed by atoms with Crippen molar-refractivity contribution in [3.05, 3.63) is 0 Å². The minimum Gasteiger partial charge on any atom is -0.481 e. The predicted octanol–water partition coefficient (Wildman–Crippen LogP) is 0.906. The van der Waals surface area contributed by atoms with E-state index in [4.69, 9.17) is 9.84 Å². The van der Waals surface area contributed by atoms with Crippen molar-refractivity contribution in [1.29, 1.82) is 0 Å². The summed E-state index contributed by atoms with van der Waals surface area (Å²) in [4.78, 5) is 22.0. The quantitative estimate of drug-likeness (QED) is 0.488. The smallest absolute Gasteiger partial charge is 0.320 e. The highest BCUT2D eigenvalue weighted by Crippen LogP contribution is 2.39. The SMILES string of the molecule is CC1COC(=O)C(C(=O)O)C1(C)C. The molecule has 2 unspecified atom stereocenters. The summed E-state index contributed by atoms with van der Waals surface area (Å²) in [5, 5.41) is 8.86. The molecule has 13 heavy (non-hydrogen) atoms. The van der Waals surface area contributed by atoms with Crippen LogP contribution in [0.4, 0.5) is 0 Å². The van der Waals surface area contributed by atoms with Crippen LogP contribution in [0.5, 0.6) is 0 Å². The fraction of sp³-hybridized carbons (Fsp3) is 0.778. The zero-order chi connectivity index (χ0) is 10.2. The van der Waals surface area contributed by atoms with Crippen LogP contribution >= 0.6 is 0 Å². The van der Waals surface area contributed by atoms with Crippen molar-refractivity contribution >= 4 is 11.9 Å². The van der Waals surface area contributed by atoms with E-state index in [0.717, 1.165) is 0 Å². The van der Waals surface area contributed by atoms with Crippen LogP contribution in [0.15, 0.2) is 0 Å². The Labute approximate surface area is 76.9 Å². The molecular weight excluding hydrogens is 172 g/mol. The second kappa shape index (κ2) is 3.01. The molecule has 1 saturated heterocycles. The molecule has 1 aliphatic heterocycles. The third-order valence-corrected chi connectivity index (χ3v) is 2.97. The van der Waals surface area contributed by atoms with Crippen molar-refractivity contribution in [2.45, 2.75) is 20.8 Å². The van der Waals surface area contributed by atoms with Gasteiger partial charge in [0.2, 0.25) is 0 Å². The summed E-state index contributed by atoms with van der Waals surface area (Å²) in [6.07, 6.45) is 0. The topological polar surface area (TPSA) is 63.6 Å². The first-order chi connectivity index (χ1) is 5.87. The second-order valence-corrected chi connectivity index (χ2v) is 4.12. The molecule has 0 aliphatic carbocycles. The number of carbonyl (C=O) groups excluding carboxylic acids is 1. The number of ether oxygens (including phenoxy) is 1. The maximum absolute atomic E-state index is 11.2. The number of rotatable bonds is 1. The van der Waals surface area contributed by atoms with Gasteiger partial charge >= 0.3 is 11.9 Å². The fourth-order valence-electron chi connectivity index (χ4n) is 1.51. The van der Waals surface area contributed by atoms with Gasteiger partial charge in [-0.25, -0.2) is 0 Å². The lowest BCUT2D eigenvalue weighted by Crippen LogP contribution is -2.48. The molecule has 1 aliphatic rings. The predicted molar refractivity (Wildman–Crippen MR) is 45.0 cm³/mol. The monoisotopic (exact) mass is 186 g/mol. The number of carbonyl (C=O) groups is 2. The standard InChI is InChI=1S/C9H14O4/c1-5-4-13-8(12)6(7(10)11)9(5,2)3/h5-6H,4H2,1-3H3,(H,10,11). The van der Waals surface area contributed by atoms with Gasteiger partial charge in [0.25, 0.3) is 0 Å². The van der Waals surface area contributed by atoms with Gasteiger partial charge in [-0.3, -0.25) is 9.59 Å². The minimum atomic E-state index is -1.10. The molecule has 0 radical (unpaired) electrons. The molecule has 4 heteroatoms. The molecule has 0 aromatic heterocycles. The summed E-state index contributed by atoms with van der Waals surface area (Å²) < 4.78 is 4.78. The van der Waals surface area contributed by atoms with Crippen molar-refractivity contribution in [2.75, 3.05) is 6.61 Å². The van der Waals surface area contributed by atoms with Crippen molar-refractivity contribution in [1.82, 2.24) is 0 Å². The first-order valence-corrected chi connectivity index (χ1v) is 4.26. The first-order valence-electron chi connectivity index (χ1n) is 4.26. The third-order valence-electron chi connectivity index (χ3n) is 2.97. The molecule has 1 heterocycles. The van der Waals surface area contributed by atoms with E-state index in [1.165, 1.54) is 0 Å². The molecule has 1 rings (SSSR count). The van der Waals surface area contributed by atoms with Crippen LogP contribution in [-0.2, 0) is 14.3 Å². The highest BCUT2D eigenvalue weighted by atomic mass is 16.5. The van der Waals surface area contributed by atoms with Crippen LogP contribution in [-0.4, -0.2) is 23.7 Å². The Morgan fingerprint density at radius 2 is 2.15 bits per heavy atom. The zero-order valence-electron chi connectivity index (χ0n) is 8.03. The van der Waals surface area contributed by atoms with Gasteiger partial charge in [0.15, 0.2) is 5.92 Å². The number of esters is 1. The van der Waals surface area contributed by atoms with Crippen LogP contribution in [0.25, 0.3) is 0 Å². The Kier molecular flexibility index (Phi) is 2.32. The summed E-state index contributed by atoms with van der Waals surface area (Å²) in [6.45, 7) is 5.78. The molecule has 0 aromatic carbocycles. The van der Waals surface area contributed by atoms with Gasteiger partial charge in [0.1, 0.15) is 0 Å². The van der Waals surface area contributed by atoms with Crippen molar-refractivity contribution in [3.8, 4) is 0 Å². The van der Waals surface area contributed by atoms with E-state index in [-0.39, 0.29) is 5.92 Å². The maximum Gasteiger partial charge on any atom is 0.320 e. The van der Waals surface area contributed by atoms with Crippen LogP contribution in [0.1, 0.15) is 20.8 Å². The van der Waals surface area contributed by atoms with Crippen LogP contribution in [0, 0.1) is 17.3 Å². The molecule has 0 bridgehead atoms. The molecule has 0 amide bonds. The molecule has 0 saturated carbocycles. The van der Waals surface area contributed by atoms with Gasteiger partial charge < -0.3 is 9.84 Å². The highest BCUT2D eigenvalue weighted by Gasteiger charge is 2.49. The number of hydrogen-bond donors (Lipinski definition) is 1. The lowest BCUT2D eigenvalue weighted by molar-refractivity contribution is -0.177.